The Morgan fingerprint density at radius 3 is 3.07 bits per heavy atom. The molecular formula is C10H11FO3. The highest BCUT2D eigenvalue weighted by atomic mass is 19.1. The number of fused-ring (bicyclic) bond motifs is 1. The Balaban J connectivity index is 2.31. The summed E-state index contributed by atoms with van der Waals surface area (Å²) < 4.78 is 23.5. The molecule has 0 aromatic heterocycles. The fourth-order valence-electron chi connectivity index (χ4n) is 1.33. The standard InChI is InChI=1S/C10H11FO3/c1-10(6-12)13-5-7-4-8(11)2-3-9(7)14-10/h2-4,12H,5-6H2,1H3. The Bertz CT molecular complexity index is 353. The van der Waals surface area contributed by atoms with Gasteiger partial charge < -0.3 is 14.6 Å². The van der Waals surface area contributed by atoms with E-state index < -0.39 is 5.79 Å². The van der Waals surface area contributed by atoms with Crippen molar-refractivity contribution in [2.75, 3.05) is 6.61 Å². The van der Waals surface area contributed by atoms with E-state index in [0.29, 0.717) is 11.3 Å². The summed E-state index contributed by atoms with van der Waals surface area (Å²) in [7, 11) is 0. The first kappa shape index (κ1) is 9.43. The molecule has 0 spiro atoms. The Morgan fingerprint density at radius 2 is 2.36 bits per heavy atom. The van der Waals surface area contributed by atoms with Gasteiger partial charge in [0.15, 0.2) is 0 Å². The number of aliphatic hydroxyl groups is 1. The molecule has 1 heterocycles. The maximum atomic E-state index is 12.8. The zero-order chi connectivity index (χ0) is 10.2. The summed E-state index contributed by atoms with van der Waals surface area (Å²) in [6.07, 6.45) is 0. The second-order valence-electron chi connectivity index (χ2n) is 3.43. The van der Waals surface area contributed by atoms with E-state index >= 15 is 0 Å². The first-order valence-electron chi connectivity index (χ1n) is 4.35. The molecule has 0 saturated heterocycles. The van der Waals surface area contributed by atoms with Crippen molar-refractivity contribution in [3.05, 3.63) is 29.6 Å². The summed E-state index contributed by atoms with van der Waals surface area (Å²) in [6.45, 7) is 1.66. The van der Waals surface area contributed by atoms with Gasteiger partial charge in [0.05, 0.1) is 6.61 Å². The minimum Gasteiger partial charge on any atom is -0.460 e. The molecule has 1 aliphatic rings. The maximum Gasteiger partial charge on any atom is 0.231 e. The fourth-order valence-corrected chi connectivity index (χ4v) is 1.33. The van der Waals surface area contributed by atoms with Gasteiger partial charge in [-0.15, -0.1) is 0 Å². The number of benzene rings is 1. The van der Waals surface area contributed by atoms with Gasteiger partial charge in [0.1, 0.15) is 18.2 Å². The van der Waals surface area contributed by atoms with Gasteiger partial charge in [-0.05, 0) is 18.2 Å². The molecular weight excluding hydrogens is 187 g/mol. The highest BCUT2D eigenvalue weighted by molar-refractivity contribution is 5.34. The van der Waals surface area contributed by atoms with Gasteiger partial charge in [0.2, 0.25) is 5.79 Å². The smallest absolute Gasteiger partial charge is 0.231 e. The van der Waals surface area contributed by atoms with Crippen molar-refractivity contribution in [2.45, 2.75) is 19.3 Å². The molecule has 3 nitrogen and oxygen atoms in total. The second-order valence-corrected chi connectivity index (χ2v) is 3.43. The van der Waals surface area contributed by atoms with E-state index in [2.05, 4.69) is 0 Å². The quantitative estimate of drug-likeness (QED) is 0.742. The Kier molecular flexibility index (Phi) is 2.17. The van der Waals surface area contributed by atoms with Gasteiger partial charge in [-0.1, -0.05) is 0 Å². The topological polar surface area (TPSA) is 38.7 Å². The van der Waals surface area contributed by atoms with E-state index in [1.165, 1.54) is 12.1 Å². The van der Waals surface area contributed by atoms with E-state index in [0.717, 1.165) is 0 Å². The minimum absolute atomic E-state index is 0.232. The minimum atomic E-state index is -1.01. The Hall–Kier alpha value is -1.13. The lowest BCUT2D eigenvalue weighted by molar-refractivity contribution is -0.213. The highest BCUT2D eigenvalue weighted by Crippen LogP contribution is 2.31. The van der Waals surface area contributed by atoms with Crippen molar-refractivity contribution in [1.29, 1.82) is 0 Å². The van der Waals surface area contributed by atoms with E-state index in [4.69, 9.17) is 14.6 Å². The number of hydrogen-bond donors (Lipinski definition) is 1. The number of aliphatic hydroxyl groups excluding tert-OH is 1. The van der Waals surface area contributed by atoms with Crippen molar-refractivity contribution < 1.29 is 19.0 Å². The van der Waals surface area contributed by atoms with Crippen molar-refractivity contribution in [1.82, 2.24) is 0 Å². The molecule has 1 N–H and O–H groups in total. The summed E-state index contributed by atoms with van der Waals surface area (Å²) >= 11 is 0. The number of rotatable bonds is 1. The van der Waals surface area contributed by atoms with E-state index in [1.807, 2.05) is 0 Å². The number of halogens is 1. The highest BCUT2D eigenvalue weighted by Gasteiger charge is 2.31. The van der Waals surface area contributed by atoms with Crippen LogP contribution in [0.5, 0.6) is 5.75 Å². The lowest BCUT2D eigenvalue weighted by Crippen LogP contribution is -2.42. The second kappa shape index (κ2) is 3.22. The van der Waals surface area contributed by atoms with Crippen molar-refractivity contribution in [2.24, 2.45) is 0 Å². The summed E-state index contributed by atoms with van der Waals surface area (Å²) in [6, 6.07) is 4.23. The molecule has 1 atom stereocenters. The third-order valence-electron chi connectivity index (χ3n) is 2.17. The fraction of sp³-hybridized carbons (Fsp3) is 0.400. The van der Waals surface area contributed by atoms with Crippen LogP contribution in [0, 0.1) is 5.82 Å². The SMILES string of the molecule is CC1(CO)OCc2cc(F)ccc2O1. The predicted molar refractivity (Wildman–Crippen MR) is 47.3 cm³/mol. The van der Waals surface area contributed by atoms with Crippen LogP contribution in [0.25, 0.3) is 0 Å². The first-order valence-corrected chi connectivity index (χ1v) is 4.35. The molecule has 0 radical (unpaired) electrons. The average Bonchev–Trinajstić information content (AvgIpc) is 2.19. The maximum absolute atomic E-state index is 12.8. The van der Waals surface area contributed by atoms with Crippen LogP contribution in [0.4, 0.5) is 4.39 Å². The molecule has 0 aliphatic carbocycles. The van der Waals surface area contributed by atoms with Crippen LogP contribution in [-0.4, -0.2) is 17.5 Å². The summed E-state index contributed by atoms with van der Waals surface area (Å²) in [5.41, 5.74) is 0.663. The largest absolute Gasteiger partial charge is 0.460 e. The molecule has 2 rings (SSSR count). The van der Waals surface area contributed by atoms with Gasteiger partial charge in [-0.2, -0.15) is 0 Å². The molecule has 76 valence electrons. The molecule has 1 aromatic carbocycles. The predicted octanol–water partition coefficient (Wildman–Crippen LogP) is 1.44. The van der Waals surface area contributed by atoms with Crippen LogP contribution in [0.1, 0.15) is 12.5 Å². The molecule has 0 saturated carbocycles. The lowest BCUT2D eigenvalue weighted by Gasteiger charge is -2.33. The first-order chi connectivity index (χ1) is 6.63. The van der Waals surface area contributed by atoms with Crippen LogP contribution in [0.3, 0.4) is 0 Å². The van der Waals surface area contributed by atoms with Gasteiger partial charge in [-0.3, -0.25) is 0 Å². The van der Waals surface area contributed by atoms with Crippen molar-refractivity contribution in [3.8, 4) is 5.75 Å². The molecule has 0 amide bonds. The average molecular weight is 198 g/mol. The van der Waals surface area contributed by atoms with Crippen LogP contribution < -0.4 is 4.74 Å². The molecule has 0 fully saturated rings. The number of ether oxygens (including phenoxy) is 2. The zero-order valence-corrected chi connectivity index (χ0v) is 7.79. The van der Waals surface area contributed by atoms with E-state index in [-0.39, 0.29) is 19.0 Å². The zero-order valence-electron chi connectivity index (χ0n) is 7.79. The molecule has 1 aliphatic heterocycles. The summed E-state index contributed by atoms with van der Waals surface area (Å²) in [5, 5.41) is 9.01. The van der Waals surface area contributed by atoms with E-state index in [1.54, 1.807) is 13.0 Å². The van der Waals surface area contributed by atoms with Crippen LogP contribution in [0.15, 0.2) is 18.2 Å². The van der Waals surface area contributed by atoms with Crippen LogP contribution in [0.2, 0.25) is 0 Å². The lowest BCUT2D eigenvalue weighted by atomic mass is 10.1. The summed E-state index contributed by atoms with van der Waals surface area (Å²) in [5.74, 6) is -0.761. The molecule has 14 heavy (non-hydrogen) atoms. The van der Waals surface area contributed by atoms with Crippen LogP contribution in [-0.2, 0) is 11.3 Å². The molecule has 0 bridgehead atoms. The van der Waals surface area contributed by atoms with Gasteiger partial charge >= 0.3 is 0 Å². The molecule has 1 unspecified atom stereocenters. The Labute approximate surface area is 81.1 Å². The Morgan fingerprint density at radius 1 is 1.57 bits per heavy atom. The van der Waals surface area contributed by atoms with Crippen LogP contribution >= 0.6 is 0 Å². The van der Waals surface area contributed by atoms with E-state index in [9.17, 15) is 4.39 Å². The third kappa shape index (κ3) is 1.58. The molecule has 4 heteroatoms. The third-order valence-corrected chi connectivity index (χ3v) is 2.17. The molecule has 1 aromatic rings. The van der Waals surface area contributed by atoms with Gasteiger partial charge in [0, 0.05) is 12.5 Å². The normalized spacial score (nSPS) is 25.4. The van der Waals surface area contributed by atoms with Crippen molar-refractivity contribution >= 4 is 0 Å². The number of hydrogen-bond acceptors (Lipinski definition) is 3. The van der Waals surface area contributed by atoms with Gasteiger partial charge in [0.25, 0.3) is 0 Å². The summed E-state index contributed by atoms with van der Waals surface area (Å²) in [4.78, 5) is 0. The monoisotopic (exact) mass is 198 g/mol. The van der Waals surface area contributed by atoms with Gasteiger partial charge in [-0.25, -0.2) is 4.39 Å². The van der Waals surface area contributed by atoms with Crippen molar-refractivity contribution in [3.63, 3.8) is 0 Å².